The zero-order valence-electron chi connectivity index (χ0n) is 57.2. The van der Waals surface area contributed by atoms with Crippen LogP contribution in [0.1, 0.15) is 0 Å². The first kappa shape index (κ1) is 59.5. The first-order valence-electron chi connectivity index (χ1n) is 35.8. The molecular formula is C92H64B3N7O2. The van der Waals surface area contributed by atoms with Gasteiger partial charge in [-0.3, -0.25) is 0 Å². The number of para-hydroxylation sites is 10. The van der Waals surface area contributed by atoms with Gasteiger partial charge < -0.3 is 43.8 Å². The van der Waals surface area contributed by atoms with Crippen molar-refractivity contribution in [3.63, 3.8) is 0 Å². The third-order valence-corrected chi connectivity index (χ3v) is 22.0. The Kier molecular flexibility index (Phi) is 13.5. The molecule has 0 aliphatic carbocycles. The molecule has 0 amide bonds. The van der Waals surface area contributed by atoms with Crippen molar-refractivity contribution < 1.29 is 9.47 Å². The summed E-state index contributed by atoms with van der Waals surface area (Å²) >= 11 is 0. The highest BCUT2D eigenvalue weighted by Gasteiger charge is 2.50. The van der Waals surface area contributed by atoms with Crippen LogP contribution in [0.4, 0.5) is 108 Å². The van der Waals surface area contributed by atoms with Crippen molar-refractivity contribution >= 4 is 177 Å². The van der Waals surface area contributed by atoms with Gasteiger partial charge in [0.15, 0.2) is 0 Å². The van der Waals surface area contributed by atoms with Crippen LogP contribution in [0.3, 0.4) is 0 Å². The molecule has 488 valence electrons. The fourth-order valence-corrected chi connectivity index (χ4v) is 17.6. The second kappa shape index (κ2) is 23.7. The van der Waals surface area contributed by atoms with E-state index in [1.54, 1.807) is 0 Å². The van der Waals surface area contributed by atoms with Gasteiger partial charge in [0, 0.05) is 135 Å². The normalized spacial score (nSPS) is 13.3. The zero-order valence-corrected chi connectivity index (χ0v) is 57.2. The van der Waals surface area contributed by atoms with Gasteiger partial charge in [0.25, 0.3) is 20.1 Å². The quantitative estimate of drug-likeness (QED) is 0.118. The maximum atomic E-state index is 7.70. The maximum absolute atomic E-state index is 7.70. The van der Waals surface area contributed by atoms with Gasteiger partial charge in [0.2, 0.25) is 0 Å². The lowest BCUT2D eigenvalue weighted by Crippen LogP contribution is -2.65. The summed E-state index contributed by atoms with van der Waals surface area (Å²) in [4.78, 5) is 16.9. The molecule has 0 bridgehead atoms. The van der Waals surface area contributed by atoms with E-state index in [1.807, 2.05) is 0 Å². The summed E-state index contributed by atoms with van der Waals surface area (Å²) in [5.74, 6) is 3.11. The Morgan fingerprint density at radius 2 is 0.490 bits per heavy atom. The van der Waals surface area contributed by atoms with Gasteiger partial charge in [-0.1, -0.05) is 194 Å². The molecule has 0 fully saturated rings. The van der Waals surface area contributed by atoms with Gasteiger partial charge in [-0.2, -0.15) is 0 Å². The molecule has 0 atom stereocenters. The van der Waals surface area contributed by atoms with E-state index in [1.165, 1.54) is 32.8 Å². The van der Waals surface area contributed by atoms with Crippen molar-refractivity contribution in [1.29, 1.82) is 0 Å². The number of benzene rings is 15. The topological polar surface area (TPSA) is 41.1 Å². The number of hydrogen-bond donors (Lipinski definition) is 0. The van der Waals surface area contributed by atoms with E-state index in [9.17, 15) is 0 Å². The molecule has 6 aliphatic rings. The number of nitrogens with zero attached hydrogens (tertiary/aromatic N) is 7. The largest absolute Gasteiger partial charge is 0.458 e. The van der Waals surface area contributed by atoms with E-state index >= 15 is 0 Å². The summed E-state index contributed by atoms with van der Waals surface area (Å²) in [5, 5.41) is 0. The molecule has 0 N–H and O–H groups in total. The van der Waals surface area contributed by atoms with Crippen molar-refractivity contribution in [3.05, 3.63) is 352 Å². The monoisotopic (exact) mass is 1330 g/mol. The SMILES string of the molecule is CN1c2cc3c(cc2B2c4ccccc4N(c4ccccc4)c4cc(N(c5ccccc5)c5ccccc5)cc1c42)B1c2cc4c(cc2Oc2cc(N(c5ccccc5)c5ccccc5)cc(c21)O3)N(C)c1cc(N(c2ccccc2)c2ccccc2)cc2c1B4c1ccccc1N2c1ccccc1. The van der Waals surface area contributed by atoms with Crippen molar-refractivity contribution in [2.45, 2.75) is 0 Å². The number of hydrogen-bond acceptors (Lipinski definition) is 9. The Bertz CT molecular complexity index is 5470. The molecule has 0 spiro atoms. The lowest BCUT2D eigenvalue weighted by molar-refractivity contribution is 0.465. The first-order valence-corrected chi connectivity index (χ1v) is 35.8. The summed E-state index contributed by atoms with van der Waals surface area (Å²) < 4.78 is 15.4. The summed E-state index contributed by atoms with van der Waals surface area (Å²) in [6.45, 7) is -0.657. The zero-order chi connectivity index (χ0) is 68.7. The minimum absolute atomic E-state index is 0.167. The van der Waals surface area contributed by atoms with Crippen LogP contribution in [0.5, 0.6) is 23.0 Å². The Balaban J connectivity index is 0.805. The van der Waals surface area contributed by atoms with E-state index in [2.05, 4.69) is 400 Å². The highest BCUT2D eigenvalue weighted by atomic mass is 16.5. The van der Waals surface area contributed by atoms with Crippen LogP contribution in [0, 0.1) is 0 Å². The highest BCUT2D eigenvalue weighted by molar-refractivity contribution is 7.03. The third kappa shape index (κ3) is 9.17. The summed E-state index contributed by atoms with van der Waals surface area (Å²) in [7, 11) is 4.50. The molecule has 0 aromatic heterocycles. The molecular weight excluding hydrogens is 1270 g/mol. The molecule has 0 radical (unpaired) electrons. The van der Waals surface area contributed by atoms with Gasteiger partial charge >= 0.3 is 0 Å². The Morgan fingerprint density at radius 1 is 0.212 bits per heavy atom. The minimum Gasteiger partial charge on any atom is -0.458 e. The van der Waals surface area contributed by atoms with Crippen LogP contribution in [0.2, 0.25) is 0 Å². The average molecular weight is 1330 g/mol. The maximum Gasteiger partial charge on any atom is 0.260 e. The van der Waals surface area contributed by atoms with Crippen LogP contribution >= 0.6 is 0 Å². The second-order valence-corrected chi connectivity index (χ2v) is 27.6. The lowest BCUT2D eigenvalue weighted by atomic mass is 9.29. The van der Waals surface area contributed by atoms with Gasteiger partial charge in [0.1, 0.15) is 23.0 Å². The fourth-order valence-electron chi connectivity index (χ4n) is 17.6. The van der Waals surface area contributed by atoms with E-state index in [4.69, 9.17) is 9.47 Å². The molecule has 15 aromatic carbocycles. The van der Waals surface area contributed by atoms with Crippen LogP contribution in [0.25, 0.3) is 0 Å². The Hall–Kier alpha value is -13.3. The summed E-state index contributed by atoms with van der Waals surface area (Å²) in [6, 6.07) is 128. The Morgan fingerprint density at radius 3 is 0.827 bits per heavy atom. The third-order valence-electron chi connectivity index (χ3n) is 22.0. The number of rotatable bonds is 11. The average Bonchev–Trinajstić information content (AvgIpc) is 0.693. The Labute approximate surface area is 606 Å². The molecule has 21 rings (SSSR count). The van der Waals surface area contributed by atoms with Gasteiger partial charge in [-0.15, -0.1) is 0 Å². The van der Waals surface area contributed by atoms with E-state index in [0.717, 1.165) is 147 Å². The van der Waals surface area contributed by atoms with Crippen molar-refractivity contribution in [2.24, 2.45) is 0 Å². The van der Waals surface area contributed by atoms with E-state index in [0.29, 0.717) is 0 Å². The van der Waals surface area contributed by atoms with E-state index < -0.39 is 0 Å². The predicted molar refractivity (Wildman–Crippen MR) is 436 cm³/mol. The minimum atomic E-state index is -0.323. The van der Waals surface area contributed by atoms with Crippen LogP contribution in [-0.4, -0.2) is 34.2 Å². The van der Waals surface area contributed by atoms with Crippen molar-refractivity contribution in [2.75, 3.05) is 48.4 Å². The van der Waals surface area contributed by atoms with Crippen LogP contribution in [0.15, 0.2) is 352 Å². The smallest absolute Gasteiger partial charge is 0.260 e. The first-order chi connectivity index (χ1) is 51.5. The fraction of sp³-hybridized carbons (Fsp3) is 0.0217. The molecule has 9 nitrogen and oxygen atoms in total. The summed E-state index contributed by atoms with van der Waals surface area (Å²) in [6.07, 6.45) is 0. The molecule has 6 heterocycles. The number of fused-ring (bicyclic) bond motifs is 12. The molecule has 0 saturated carbocycles. The lowest BCUT2D eigenvalue weighted by Gasteiger charge is -2.45. The number of anilines is 19. The van der Waals surface area contributed by atoms with Gasteiger partial charge in [-0.05, 0) is 177 Å². The number of ether oxygens (including phenoxy) is 2. The molecule has 0 saturated heterocycles. The molecule has 15 aromatic rings. The van der Waals surface area contributed by atoms with E-state index in [-0.39, 0.29) is 20.1 Å². The molecule has 12 heteroatoms. The molecule has 0 unspecified atom stereocenters. The summed E-state index contributed by atoms with van der Waals surface area (Å²) in [5.41, 5.74) is 31.0. The van der Waals surface area contributed by atoms with Gasteiger partial charge in [0.05, 0.1) is 17.1 Å². The van der Waals surface area contributed by atoms with Crippen molar-refractivity contribution in [3.8, 4) is 23.0 Å². The second-order valence-electron chi connectivity index (χ2n) is 27.6. The molecule has 104 heavy (non-hydrogen) atoms. The standard InChI is InChI=1S/C92H64B3N7O2/c1-96-80-59-86-76(57-74(80)93-72-47-27-29-49-78(72)101(67-43-23-9-24-44-67)84-53-69(51-82(96)90(84)93)98(61-31-11-3-12-32-61)62-33-13-4-14-34-62)95-77-58-75-81(60-87(77)104-89-56-71(55-88(103-86)92(89)95)100(65-39-19-7-20-40-65)66-41-21-8-22-42-66)97(2)83-52-70(99(63-35-15-5-16-36-63)64-37-17-6-18-38-64)54-85-91(83)94(75)73-48-28-30-50-79(73)102(85)68-45-25-10-26-46-68/h3-60H,1-2H3. The van der Waals surface area contributed by atoms with Crippen LogP contribution < -0.4 is 92.9 Å². The predicted octanol–water partition coefficient (Wildman–Crippen LogP) is 17.6. The van der Waals surface area contributed by atoms with Gasteiger partial charge in [-0.25, -0.2) is 0 Å². The van der Waals surface area contributed by atoms with Crippen molar-refractivity contribution in [1.82, 2.24) is 0 Å². The van der Waals surface area contributed by atoms with Crippen LogP contribution in [-0.2, 0) is 0 Å². The highest BCUT2D eigenvalue weighted by Crippen LogP contribution is 2.51. The molecule has 6 aliphatic heterocycles.